The van der Waals surface area contributed by atoms with Crippen molar-refractivity contribution < 1.29 is 23.8 Å². The van der Waals surface area contributed by atoms with Crippen LogP contribution in [0.1, 0.15) is 44.3 Å². The van der Waals surface area contributed by atoms with E-state index in [1.165, 1.54) is 0 Å². The Morgan fingerprint density at radius 1 is 0.875 bits per heavy atom. The summed E-state index contributed by atoms with van der Waals surface area (Å²) in [4.78, 5) is 24.5. The Bertz CT molecular complexity index is 1090. The van der Waals surface area contributed by atoms with Crippen molar-refractivity contribution in [1.29, 1.82) is 0 Å². The summed E-state index contributed by atoms with van der Waals surface area (Å²) in [7, 11) is 1.58. The van der Waals surface area contributed by atoms with Crippen LogP contribution in [0.15, 0.2) is 60.7 Å². The summed E-state index contributed by atoms with van der Waals surface area (Å²) in [5, 5.41) is 2.84. The summed E-state index contributed by atoms with van der Waals surface area (Å²) in [6.45, 7) is 6.36. The number of esters is 1. The highest BCUT2D eigenvalue weighted by Crippen LogP contribution is 2.24. The Morgan fingerprint density at radius 2 is 1.53 bits per heavy atom. The lowest BCUT2D eigenvalue weighted by atomic mass is 10.1. The minimum atomic E-state index is -0.394. The molecule has 1 N–H and O–H groups in total. The fourth-order valence-electron chi connectivity index (χ4n) is 3.32. The van der Waals surface area contributed by atoms with Gasteiger partial charge in [-0.15, -0.1) is 0 Å². The van der Waals surface area contributed by atoms with Gasteiger partial charge >= 0.3 is 5.97 Å². The van der Waals surface area contributed by atoms with Crippen LogP contribution in [-0.2, 0) is 11.3 Å². The molecular weight excluding hydrogens is 406 g/mol. The topological polar surface area (TPSA) is 73.9 Å². The molecule has 0 saturated heterocycles. The quantitative estimate of drug-likeness (QED) is 0.487. The minimum absolute atomic E-state index is 0.265. The van der Waals surface area contributed by atoms with E-state index in [9.17, 15) is 9.59 Å². The number of ether oxygens (including phenoxy) is 3. The maximum atomic E-state index is 12.8. The van der Waals surface area contributed by atoms with E-state index in [4.69, 9.17) is 14.2 Å². The summed E-state index contributed by atoms with van der Waals surface area (Å²) >= 11 is 0. The van der Waals surface area contributed by atoms with Gasteiger partial charge in [0.15, 0.2) is 0 Å². The Balaban J connectivity index is 1.72. The van der Waals surface area contributed by atoms with E-state index in [0.29, 0.717) is 29.2 Å². The molecule has 6 nitrogen and oxygen atoms in total. The Hall–Kier alpha value is -3.80. The molecule has 0 spiro atoms. The number of methoxy groups -OCH3 is 1. The fourth-order valence-corrected chi connectivity index (χ4v) is 3.32. The van der Waals surface area contributed by atoms with Crippen molar-refractivity contribution in [3.05, 3.63) is 88.5 Å². The number of hydrogen-bond acceptors (Lipinski definition) is 5. The first-order valence-corrected chi connectivity index (χ1v) is 10.4. The third-order valence-corrected chi connectivity index (χ3v) is 4.79. The molecule has 0 aliphatic carbocycles. The molecule has 3 aromatic carbocycles. The maximum Gasteiger partial charge on any atom is 0.338 e. The van der Waals surface area contributed by atoms with Crippen LogP contribution in [0.25, 0.3) is 0 Å². The number of benzene rings is 3. The lowest BCUT2D eigenvalue weighted by Gasteiger charge is -2.13. The molecule has 32 heavy (non-hydrogen) atoms. The normalized spacial score (nSPS) is 10.4. The Kier molecular flexibility index (Phi) is 7.49. The largest absolute Gasteiger partial charge is 0.496 e. The van der Waals surface area contributed by atoms with Gasteiger partial charge in [-0.3, -0.25) is 4.79 Å². The van der Waals surface area contributed by atoms with Gasteiger partial charge in [0.25, 0.3) is 5.91 Å². The van der Waals surface area contributed by atoms with E-state index in [1.807, 2.05) is 26.0 Å². The van der Waals surface area contributed by atoms with Gasteiger partial charge in [0, 0.05) is 16.8 Å². The number of carbonyl (C=O) groups is 2. The zero-order valence-corrected chi connectivity index (χ0v) is 18.7. The molecule has 0 aliphatic heterocycles. The van der Waals surface area contributed by atoms with Crippen molar-refractivity contribution in [3.8, 4) is 11.5 Å². The minimum Gasteiger partial charge on any atom is -0.496 e. The van der Waals surface area contributed by atoms with E-state index in [1.54, 1.807) is 56.5 Å². The average molecular weight is 434 g/mol. The number of anilines is 1. The van der Waals surface area contributed by atoms with Crippen LogP contribution in [0.2, 0.25) is 0 Å². The Morgan fingerprint density at radius 3 is 2.16 bits per heavy atom. The van der Waals surface area contributed by atoms with Gasteiger partial charge in [-0.2, -0.15) is 0 Å². The van der Waals surface area contributed by atoms with Crippen molar-refractivity contribution in [2.45, 2.75) is 27.4 Å². The molecule has 0 radical (unpaired) electrons. The molecule has 1 amide bonds. The summed E-state index contributed by atoms with van der Waals surface area (Å²) in [5.74, 6) is 0.740. The summed E-state index contributed by atoms with van der Waals surface area (Å²) in [5.41, 5.74) is 4.48. The van der Waals surface area contributed by atoms with Gasteiger partial charge in [-0.05, 0) is 86.5 Å². The summed E-state index contributed by atoms with van der Waals surface area (Å²) < 4.78 is 16.4. The first-order chi connectivity index (χ1) is 15.4. The molecule has 0 saturated carbocycles. The van der Waals surface area contributed by atoms with Crippen molar-refractivity contribution in [2.75, 3.05) is 19.0 Å². The predicted molar refractivity (Wildman–Crippen MR) is 124 cm³/mol. The summed E-state index contributed by atoms with van der Waals surface area (Å²) in [6.07, 6.45) is 0. The highest BCUT2D eigenvalue weighted by atomic mass is 16.5. The number of hydrogen-bond donors (Lipinski definition) is 1. The second kappa shape index (κ2) is 10.5. The van der Waals surface area contributed by atoms with E-state index in [0.717, 1.165) is 22.4 Å². The van der Waals surface area contributed by atoms with Crippen LogP contribution in [0, 0.1) is 13.8 Å². The molecule has 0 fully saturated rings. The molecule has 0 aliphatic rings. The SMILES string of the molecule is CCOC(=O)c1ccc(NC(=O)c2ccc(OC)c(COc3cc(C)cc(C)c3)c2)cc1. The smallest absolute Gasteiger partial charge is 0.338 e. The van der Waals surface area contributed by atoms with Crippen molar-refractivity contribution in [2.24, 2.45) is 0 Å². The number of nitrogens with one attached hydrogen (secondary N) is 1. The fraction of sp³-hybridized carbons (Fsp3) is 0.231. The maximum absolute atomic E-state index is 12.8. The first kappa shape index (κ1) is 22.9. The second-order valence-electron chi connectivity index (χ2n) is 7.39. The van der Waals surface area contributed by atoms with Crippen LogP contribution < -0.4 is 14.8 Å². The van der Waals surface area contributed by atoms with E-state index >= 15 is 0 Å². The molecular formula is C26H27NO5. The van der Waals surface area contributed by atoms with Gasteiger partial charge < -0.3 is 19.5 Å². The van der Waals surface area contributed by atoms with Gasteiger partial charge in [0.1, 0.15) is 18.1 Å². The van der Waals surface area contributed by atoms with Crippen LogP contribution in [0.5, 0.6) is 11.5 Å². The molecule has 0 unspecified atom stereocenters. The van der Waals surface area contributed by atoms with Gasteiger partial charge in [0.2, 0.25) is 0 Å². The van der Waals surface area contributed by atoms with Crippen molar-refractivity contribution in [1.82, 2.24) is 0 Å². The van der Waals surface area contributed by atoms with Crippen LogP contribution in [-0.4, -0.2) is 25.6 Å². The number of amides is 1. The average Bonchev–Trinajstić information content (AvgIpc) is 2.77. The number of aryl methyl sites for hydroxylation is 2. The standard InChI is InChI=1S/C26H27NO5/c1-5-31-26(29)19-6-9-22(10-7-19)27-25(28)20-8-11-24(30-4)21(15-20)16-32-23-13-17(2)12-18(3)14-23/h6-15H,5,16H2,1-4H3,(H,27,28). The highest BCUT2D eigenvalue weighted by Gasteiger charge is 2.13. The zero-order chi connectivity index (χ0) is 23.1. The van der Waals surface area contributed by atoms with Crippen molar-refractivity contribution in [3.63, 3.8) is 0 Å². The second-order valence-corrected chi connectivity index (χ2v) is 7.39. The Labute approximate surface area is 188 Å². The summed E-state index contributed by atoms with van der Waals surface area (Å²) in [6, 6.07) is 17.8. The van der Waals surface area contributed by atoms with Crippen LogP contribution in [0.4, 0.5) is 5.69 Å². The molecule has 3 rings (SSSR count). The third kappa shape index (κ3) is 5.88. The monoisotopic (exact) mass is 433 g/mol. The molecule has 0 heterocycles. The molecule has 6 heteroatoms. The van der Waals surface area contributed by atoms with Gasteiger partial charge in [-0.25, -0.2) is 4.79 Å². The van der Waals surface area contributed by atoms with Gasteiger partial charge in [0.05, 0.1) is 19.3 Å². The first-order valence-electron chi connectivity index (χ1n) is 10.4. The highest BCUT2D eigenvalue weighted by molar-refractivity contribution is 6.04. The van der Waals surface area contributed by atoms with E-state index in [2.05, 4.69) is 11.4 Å². The molecule has 0 atom stereocenters. The molecule has 3 aromatic rings. The van der Waals surface area contributed by atoms with Gasteiger partial charge in [-0.1, -0.05) is 6.07 Å². The molecule has 166 valence electrons. The number of rotatable bonds is 8. The van der Waals surface area contributed by atoms with Crippen LogP contribution >= 0.6 is 0 Å². The molecule has 0 aromatic heterocycles. The lowest BCUT2D eigenvalue weighted by molar-refractivity contribution is 0.0526. The van der Waals surface area contributed by atoms with E-state index in [-0.39, 0.29) is 12.5 Å². The van der Waals surface area contributed by atoms with Crippen LogP contribution in [0.3, 0.4) is 0 Å². The van der Waals surface area contributed by atoms with Crippen molar-refractivity contribution >= 4 is 17.6 Å². The lowest BCUT2D eigenvalue weighted by Crippen LogP contribution is -2.13. The predicted octanol–water partition coefficient (Wildman–Crippen LogP) is 5.32. The number of carbonyl (C=O) groups excluding carboxylic acids is 2. The third-order valence-electron chi connectivity index (χ3n) is 4.79. The van der Waals surface area contributed by atoms with E-state index < -0.39 is 5.97 Å². The molecule has 0 bridgehead atoms. The zero-order valence-electron chi connectivity index (χ0n) is 18.7.